The number of fused-ring (bicyclic) bond motifs is 2. The number of hydrogen-bond donors (Lipinski definition) is 1. The summed E-state index contributed by atoms with van der Waals surface area (Å²) in [6, 6.07) is 17.2. The number of aryl methyl sites for hydroxylation is 1. The fraction of sp³-hybridized carbons (Fsp3) is 0.259. The molecule has 3 heterocycles. The van der Waals surface area contributed by atoms with Crippen LogP contribution in [0.5, 0.6) is 11.5 Å². The number of ether oxygens (including phenoxy) is 3. The molecule has 0 saturated heterocycles. The van der Waals surface area contributed by atoms with E-state index in [9.17, 15) is 9.59 Å². The minimum absolute atomic E-state index is 0.108. The molecule has 0 fully saturated rings. The van der Waals surface area contributed by atoms with Crippen molar-refractivity contribution < 1.29 is 23.8 Å². The van der Waals surface area contributed by atoms with Gasteiger partial charge in [-0.1, -0.05) is 30.3 Å². The summed E-state index contributed by atoms with van der Waals surface area (Å²) >= 11 is 0. The van der Waals surface area contributed by atoms with Crippen molar-refractivity contribution in [2.24, 2.45) is 0 Å². The van der Waals surface area contributed by atoms with Crippen LogP contribution in [-0.2, 0) is 22.5 Å². The predicted molar refractivity (Wildman–Crippen MR) is 128 cm³/mol. The molecule has 5 rings (SSSR count). The summed E-state index contributed by atoms with van der Waals surface area (Å²) in [4.78, 5) is 28.4. The van der Waals surface area contributed by atoms with E-state index in [2.05, 4.69) is 4.98 Å². The molecule has 0 saturated carbocycles. The number of carbonyl (C=O) groups excluding carboxylic acids is 2. The lowest BCUT2D eigenvalue weighted by atomic mass is 10.1. The number of nitrogens with zero attached hydrogens (tertiary/aromatic N) is 1. The monoisotopic (exact) mass is 458 g/mol. The van der Waals surface area contributed by atoms with Crippen LogP contribution in [-0.4, -0.2) is 40.6 Å². The van der Waals surface area contributed by atoms with E-state index in [4.69, 9.17) is 14.2 Å². The summed E-state index contributed by atoms with van der Waals surface area (Å²) in [7, 11) is 0. The SMILES string of the molecule is Cc1cc(C(=O)COC(=O)Cc2c[nH]c3ccccc23)c(C)n1CC1COc2ccccc2O1. The number of nitrogens with one attached hydrogen (secondary N) is 1. The van der Waals surface area contributed by atoms with Crippen molar-refractivity contribution in [1.29, 1.82) is 0 Å². The van der Waals surface area contributed by atoms with Gasteiger partial charge in [-0.15, -0.1) is 0 Å². The summed E-state index contributed by atoms with van der Waals surface area (Å²) in [6.07, 6.45) is 1.74. The first-order chi connectivity index (χ1) is 16.5. The van der Waals surface area contributed by atoms with Crippen molar-refractivity contribution in [2.75, 3.05) is 13.2 Å². The fourth-order valence-corrected chi connectivity index (χ4v) is 4.43. The van der Waals surface area contributed by atoms with Crippen molar-refractivity contribution in [3.8, 4) is 11.5 Å². The quantitative estimate of drug-likeness (QED) is 0.328. The molecular weight excluding hydrogens is 432 g/mol. The van der Waals surface area contributed by atoms with Crippen molar-refractivity contribution >= 4 is 22.7 Å². The second kappa shape index (κ2) is 9.09. The number of carbonyl (C=O) groups is 2. The first kappa shape index (κ1) is 21.8. The van der Waals surface area contributed by atoms with E-state index in [0.717, 1.165) is 39.4 Å². The third-order valence-corrected chi connectivity index (χ3v) is 6.20. The molecule has 2 aromatic heterocycles. The first-order valence-electron chi connectivity index (χ1n) is 11.3. The zero-order chi connectivity index (χ0) is 23.7. The second-order valence-electron chi connectivity index (χ2n) is 8.51. The molecule has 7 heteroatoms. The van der Waals surface area contributed by atoms with Crippen LogP contribution in [0, 0.1) is 13.8 Å². The molecule has 34 heavy (non-hydrogen) atoms. The number of hydrogen-bond acceptors (Lipinski definition) is 5. The van der Waals surface area contributed by atoms with Crippen molar-refractivity contribution in [3.63, 3.8) is 0 Å². The molecule has 1 aliphatic heterocycles. The number of rotatable bonds is 7. The Balaban J connectivity index is 1.21. The van der Waals surface area contributed by atoms with Crippen LogP contribution in [0.3, 0.4) is 0 Å². The van der Waals surface area contributed by atoms with Gasteiger partial charge in [-0.2, -0.15) is 0 Å². The van der Waals surface area contributed by atoms with Crippen molar-refractivity contribution in [2.45, 2.75) is 32.9 Å². The highest BCUT2D eigenvalue weighted by Gasteiger charge is 2.24. The number of benzene rings is 2. The summed E-state index contributed by atoms with van der Waals surface area (Å²) in [5.41, 5.74) is 4.12. The highest BCUT2D eigenvalue weighted by Crippen LogP contribution is 2.31. The van der Waals surface area contributed by atoms with E-state index in [1.165, 1.54) is 0 Å². The van der Waals surface area contributed by atoms with Crippen LogP contribution >= 0.6 is 0 Å². The molecule has 1 atom stereocenters. The molecule has 1 aliphatic rings. The van der Waals surface area contributed by atoms with E-state index < -0.39 is 5.97 Å². The van der Waals surface area contributed by atoms with Gasteiger partial charge < -0.3 is 23.8 Å². The number of aromatic nitrogens is 2. The van der Waals surface area contributed by atoms with Crippen LogP contribution < -0.4 is 9.47 Å². The number of aromatic amines is 1. The maximum Gasteiger partial charge on any atom is 0.310 e. The minimum Gasteiger partial charge on any atom is -0.486 e. The lowest BCUT2D eigenvalue weighted by molar-refractivity contribution is -0.141. The highest BCUT2D eigenvalue weighted by molar-refractivity contribution is 5.99. The smallest absolute Gasteiger partial charge is 0.310 e. The Morgan fingerprint density at radius 2 is 1.85 bits per heavy atom. The van der Waals surface area contributed by atoms with Gasteiger partial charge in [0.05, 0.1) is 13.0 Å². The van der Waals surface area contributed by atoms with Gasteiger partial charge in [-0.05, 0) is 43.7 Å². The lowest BCUT2D eigenvalue weighted by Crippen LogP contribution is -2.33. The summed E-state index contributed by atoms with van der Waals surface area (Å²) in [5.74, 6) is 0.806. The van der Waals surface area contributed by atoms with Gasteiger partial charge in [0, 0.05) is 34.1 Å². The van der Waals surface area contributed by atoms with Crippen LogP contribution in [0.1, 0.15) is 27.3 Å². The Bertz CT molecular complexity index is 1370. The van der Waals surface area contributed by atoms with E-state index in [1.54, 1.807) is 6.20 Å². The zero-order valence-electron chi connectivity index (χ0n) is 19.2. The van der Waals surface area contributed by atoms with Gasteiger partial charge in [-0.25, -0.2) is 0 Å². The Kier molecular flexibility index (Phi) is 5.84. The second-order valence-corrected chi connectivity index (χ2v) is 8.51. The number of H-pyrrole nitrogens is 1. The van der Waals surface area contributed by atoms with E-state index >= 15 is 0 Å². The van der Waals surface area contributed by atoms with Gasteiger partial charge in [0.25, 0.3) is 0 Å². The Morgan fingerprint density at radius 3 is 2.71 bits per heavy atom. The topological polar surface area (TPSA) is 82.6 Å². The van der Waals surface area contributed by atoms with Gasteiger partial charge in [-0.3, -0.25) is 9.59 Å². The molecule has 1 N–H and O–H groups in total. The number of Topliss-reactive ketones (excluding diaryl/α,β-unsaturated/α-hetero) is 1. The predicted octanol–water partition coefficient (Wildman–Crippen LogP) is 4.39. The highest BCUT2D eigenvalue weighted by atomic mass is 16.6. The molecule has 7 nitrogen and oxygen atoms in total. The molecule has 0 aliphatic carbocycles. The van der Waals surface area contributed by atoms with Gasteiger partial charge >= 0.3 is 5.97 Å². The molecule has 0 spiro atoms. The fourth-order valence-electron chi connectivity index (χ4n) is 4.43. The third-order valence-electron chi connectivity index (χ3n) is 6.20. The van der Waals surface area contributed by atoms with Crippen LogP contribution in [0.4, 0.5) is 0 Å². The average Bonchev–Trinajstić information content (AvgIpc) is 3.38. The summed E-state index contributed by atoms with van der Waals surface area (Å²) in [5, 5.41) is 0.978. The Hall–Kier alpha value is -4.00. The van der Waals surface area contributed by atoms with E-state index in [1.807, 2.05) is 73.0 Å². The van der Waals surface area contributed by atoms with Gasteiger partial charge in [0.2, 0.25) is 5.78 Å². The minimum atomic E-state index is -0.432. The summed E-state index contributed by atoms with van der Waals surface area (Å²) in [6.45, 7) is 4.54. The van der Waals surface area contributed by atoms with Crippen molar-refractivity contribution in [3.05, 3.63) is 83.3 Å². The van der Waals surface area contributed by atoms with Crippen molar-refractivity contribution in [1.82, 2.24) is 9.55 Å². The molecule has 2 aromatic carbocycles. The van der Waals surface area contributed by atoms with E-state index in [0.29, 0.717) is 18.7 Å². The van der Waals surface area contributed by atoms with E-state index in [-0.39, 0.29) is 24.9 Å². The molecule has 0 amide bonds. The summed E-state index contributed by atoms with van der Waals surface area (Å²) < 4.78 is 19.2. The molecule has 4 aromatic rings. The molecule has 0 radical (unpaired) electrons. The lowest BCUT2D eigenvalue weighted by Gasteiger charge is -2.27. The third kappa shape index (κ3) is 4.29. The zero-order valence-corrected chi connectivity index (χ0v) is 19.2. The van der Waals surface area contributed by atoms with Crippen LogP contribution in [0.2, 0.25) is 0 Å². The number of ketones is 1. The number of esters is 1. The van der Waals surface area contributed by atoms with Gasteiger partial charge in [0.15, 0.2) is 24.2 Å². The largest absolute Gasteiger partial charge is 0.486 e. The van der Waals surface area contributed by atoms with Gasteiger partial charge in [0.1, 0.15) is 6.61 Å². The molecule has 0 bridgehead atoms. The average molecular weight is 459 g/mol. The first-order valence-corrected chi connectivity index (χ1v) is 11.3. The Labute approximate surface area is 197 Å². The number of para-hydroxylation sites is 3. The normalized spacial score (nSPS) is 14.8. The Morgan fingerprint density at radius 1 is 1.09 bits per heavy atom. The maximum absolute atomic E-state index is 12.9. The maximum atomic E-state index is 12.9. The van der Waals surface area contributed by atoms with Crippen LogP contribution in [0.15, 0.2) is 60.8 Å². The molecular formula is C27H26N2O5. The molecule has 174 valence electrons. The van der Waals surface area contributed by atoms with Crippen LogP contribution in [0.25, 0.3) is 10.9 Å². The standard InChI is InChI=1S/C27H26N2O5/c1-17-11-22(18(2)29(17)14-20-15-32-25-9-5-6-10-26(25)34-20)24(30)16-33-27(31)12-19-13-28-23-8-4-3-7-21(19)23/h3-11,13,20,28H,12,14-16H2,1-2H3. The molecule has 1 unspecified atom stereocenters.